The first-order valence-electron chi connectivity index (χ1n) is 21.5. The maximum atomic E-state index is 9.07. The van der Waals surface area contributed by atoms with Crippen LogP contribution in [0.15, 0.2) is 248 Å². The van der Waals surface area contributed by atoms with Crippen LogP contribution in [-0.2, 0) is 5.41 Å². The Bertz CT molecular complexity index is 3330. The van der Waals surface area contributed by atoms with Gasteiger partial charge in [-0.05, 0) is 94.9 Å². The van der Waals surface area contributed by atoms with E-state index in [4.69, 9.17) is 10.4 Å². The molecule has 296 valence electrons. The number of nitrogens with one attached hydrogen (secondary N) is 1. The second kappa shape index (κ2) is 16.0. The van der Waals surface area contributed by atoms with Gasteiger partial charge in [0.25, 0.3) is 0 Å². The van der Waals surface area contributed by atoms with E-state index >= 15 is 0 Å². The van der Waals surface area contributed by atoms with Gasteiger partial charge in [-0.2, -0.15) is 0 Å². The van der Waals surface area contributed by atoms with E-state index in [9.17, 15) is 0 Å². The van der Waals surface area contributed by atoms with Gasteiger partial charge in [-0.1, -0.05) is 237 Å². The molecule has 0 saturated heterocycles. The number of nitrogens with zero attached hydrogens (tertiary/aromatic N) is 1. The molecule has 0 unspecified atom stereocenters. The van der Waals surface area contributed by atoms with E-state index in [0.29, 0.717) is 0 Å². The number of benzene rings is 10. The molecule has 0 atom stereocenters. The van der Waals surface area contributed by atoms with Gasteiger partial charge in [0.05, 0.1) is 11.1 Å². The van der Waals surface area contributed by atoms with Crippen LogP contribution in [0.2, 0.25) is 0 Å². The third-order valence-corrected chi connectivity index (χ3v) is 12.7. The van der Waals surface area contributed by atoms with E-state index in [1.165, 1.54) is 60.7 Å². The molecule has 1 aliphatic rings. The molecule has 0 heterocycles. The van der Waals surface area contributed by atoms with Crippen molar-refractivity contribution >= 4 is 39.2 Å². The molecule has 2 nitrogen and oxygen atoms in total. The lowest BCUT2D eigenvalue weighted by Gasteiger charge is -2.34. The molecule has 0 aliphatic heterocycles. The molecule has 2 heteroatoms. The van der Waals surface area contributed by atoms with Gasteiger partial charge >= 0.3 is 0 Å². The van der Waals surface area contributed by atoms with Crippen LogP contribution in [0.1, 0.15) is 38.9 Å². The van der Waals surface area contributed by atoms with Crippen LogP contribution in [0.4, 0.5) is 0 Å². The summed E-state index contributed by atoms with van der Waals surface area (Å²) in [5, 5.41) is 13.9. The second-order valence-corrected chi connectivity index (χ2v) is 16.2. The zero-order chi connectivity index (χ0) is 42.2. The summed E-state index contributed by atoms with van der Waals surface area (Å²) in [5.41, 5.74) is 15.3. The van der Waals surface area contributed by atoms with Crippen molar-refractivity contribution in [3.05, 3.63) is 282 Å². The molecule has 1 aliphatic carbocycles. The first-order valence-corrected chi connectivity index (χ1v) is 21.5. The Kier molecular flexibility index (Phi) is 9.60. The van der Waals surface area contributed by atoms with Crippen molar-refractivity contribution in [2.24, 2.45) is 4.99 Å². The van der Waals surface area contributed by atoms with Crippen molar-refractivity contribution in [3.63, 3.8) is 0 Å². The molecule has 0 amide bonds. The zero-order valence-corrected chi connectivity index (χ0v) is 34.6. The molecule has 1 N–H and O–H groups in total. The fourth-order valence-corrected chi connectivity index (χ4v) is 9.76. The number of hydrogen-bond acceptors (Lipinski definition) is 1. The Labute approximate surface area is 368 Å². The third kappa shape index (κ3) is 6.61. The normalized spacial score (nSPS) is 13.0. The van der Waals surface area contributed by atoms with Crippen LogP contribution in [0.3, 0.4) is 0 Å². The minimum atomic E-state index is -0.517. The van der Waals surface area contributed by atoms with Gasteiger partial charge in [0, 0.05) is 11.1 Å². The molecular formula is C61H42N2. The minimum absolute atomic E-state index is 0.215. The molecule has 0 bridgehead atoms. The Morgan fingerprint density at radius 3 is 1.67 bits per heavy atom. The molecule has 10 aromatic rings. The number of allylic oxidation sites excluding steroid dienone is 1. The van der Waals surface area contributed by atoms with Gasteiger partial charge in [0.15, 0.2) is 5.84 Å². The van der Waals surface area contributed by atoms with Crippen LogP contribution >= 0.6 is 0 Å². The highest BCUT2D eigenvalue weighted by Crippen LogP contribution is 2.58. The van der Waals surface area contributed by atoms with E-state index < -0.39 is 5.41 Å². The zero-order valence-electron chi connectivity index (χ0n) is 34.6. The Morgan fingerprint density at radius 2 is 0.968 bits per heavy atom. The molecule has 0 radical (unpaired) electrons. The number of amidine groups is 1. The number of fused-ring (bicyclic) bond motifs is 6. The highest BCUT2D eigenvalue weighted by Gasteiger charge is 2.46. The first kappa shape index (κ1) is 37.8. The van der Waals surface area contributed by atoms with Crippen molar-refractivity contribution in [3.8, 4) is 33.4 Å². The number of hydrogen-bond donors (Lipinski definition) is 1. The van der Waals surface area contributed by atoms with Gasteiger partial charge in [-0.3, -0.25) is 5.41 Å². The molecule has 0 spiro atoms. The van der Waals surface area contributed by atoms with Crippen LogP contribution in [0.5, 0.6) is 0 Å². The molecular weight excluding hydrogens is 761 g/mol. The Morgan fingerprint density at radius 1 is 0.413 bits per heavy atom. The van der Waals surface area contributed by atoms with Crippen molar-refractivity contribution in [1.29, 1.82) is 5.41 Å². The van der Waals surface area contributed by atoms with Crippen LogP contribution < -0.4 is 0 Å². The summed E-state index contributed by atoms with van der Waals surface area (Å²) >= 11 is 0. The Balaban J connectivity index is 1.02. The standard InChI is InChI=1S/C61H42N2/c62-60(47-31-29-43(30-32-47)42-17-5-1-6-18-42)63-58(46-20-7-2-8-21-46)40-36-45-33-37-52(54-28-16-15-26-51(45)54)48-34-38-55-57(41-48)61(49-22-9-3-10-23-49,50-24-11-4-12-25-50)56-39-35-44-19-13-14-27-53(44)59(55)56/h1-41,62H/b40-36+,62-60?,63-58?. The molecule has 0 fully saturated rings. The van der Waals surface area contributed by atoms with E-state index in [-0.39, 0.29) is 5.84 Å². The topological polar surface area (TPSA) is 36.2 Å². The average molecular weight is 803 g/mol. The summed E-state index contributed by atoms with van der Waals surface area (Å²) in [6.07, 6.45) is 4.19. The van der Waals surface area contributed by atoms with E-state index in [1.807, 2.05) is 48.5 Å². The SMILES string of the molecule is N=C(N=C(/C=C/c1ccc(-c2ccc3c(c2)C(c2ccccc2)(c2ccccc2)c2ccc4ccccc4c2-3)c2ccccc12)c1ccccc1)c1ccc(-c2ccccc2)cc1. The molecule has 63 heavy (non-hydrogen) atoms. The predicted molar refractivity (Wildman–Crippen MR) is 265 cm³/mol. The molecule has 10 aromatic carbocycles. The summed E-state index contributed by atoms with van der Waals surface area (Å²) in [6.45, 7) is 0. The van der Waals surface area contributed by atoms with Gasteiger partial charge in [0.2, 0.25) is 0 Å². The quantitative estimate of drug-likeness (QED) is 0.117. The van der Waals surface area contributed by atoms with Gasteiger partial charge in [-0.25, -0.2) is 4.99 Å². The summed E-state index contributed by atoms with van der Waals surface area (Å²) < 4.78 is 0. The predicted octanol–water partition coefficient (Wildman–Crippen LogP) is 15.2. The lowest BCUT2D eigenvalue weighted by molar-refractivity contribution is 0.769. The van der Waals surface area contributed by atoms with Crippen molar-refractivity contribution in [2.45, 2.75) is 5.41 Å². The van der Waals surface area contributed by atoms with Crippen molar-refractivity contribution < 1.29 is 0 Å². The summed E-state index contributed by atoms with van der Waals surface area (Å²) in [6, 6.07) is 84.4. The van der Waals surface area contributed by atoms with Crippen molar-refractivity contribution in [2.75, 3.05) is 0 Å². The van der Waals surface area contributed by atoms with Gasteiger partial charge < -0.3 is 0 Å². The van der Waals surface area contributed by atoms with E-state index in [1.54, 1.807) is 0 Å². The lowest BCUT2D eigenvalue weighted by Crippen LogP contribution is -2.28. The van der Waals surface area contributed by atoms with Crippen LogP contribution in [0.25, 0.3) is 61.0 Å². The first-order chi connectivity index (χ1) is 31.2. The van der Waals surface area contributed by atoms with Gasteiger partial charge in [0.1, 0.15) is 0 Å². The fraction of sp³-hybridized carbons (Fsp3) is 0.0164. The van der Waals surface area contributed by atoms with E-state index in [2.05, 4.69) is 200 Å². The fourth-order valence-electron chi connectivity index (χ4n) is 9.76. The lowest BCUT2D eigenvalue weighted by atomic mass is 9.67. The molecule has 0 saturated carbocycles. The summed E-state index contributed by atoms with van der Waals surface area (Å²) in [4.78, 5) is 4.93. The average Bonchev–Trinajstić information content (AvgIpc) is 3.67. The van der Waals surface area contributed by atoms with Crippen LogP contribution in [0, 0.1) is 5.41 Å². The van der Waals surface area contributed by atoms with Crippen molar-refractivity contribution in [1.82, 2.24) is 0 Å². The maximum absolute atomic E-state index is 9.07. The largest absolute Gasteiger partial charge is 0.282 e. The monoisotopic (exact) mass is 802 g/mol. The second-order valence-electron chi connectivity index (χ2n) is 16.2. The molecule has 11 rings (SSSR count). The third-order valence-electron chi connectivity index (χ3n) is 12.7. The highest BCUT2D eigenvalue weighted by molar-refractivity contribution is 6.18. The maximum Gasteiger partial charge on any atom is 0.152 e. The van der Waals surface area contributed by atoms with E-state index in [0.717, 1.165) is 38.9 Å². The molecule has 0 aromatic heterocycles. The Hall–Kier alpha value is -8.20. The highest BCUT2D eigenvalue weighted by atomic mass is 14.8. The number of aliphatic imine (C=N–C) groups is 1. The number of rotatable bonds is 8. The van der Waals surface area contributed by atoms with Crippen LogP contribution in [-0.4, -0.2) is 11.5 Å². The van der Waals surface area contributed by atoms with Gasteiger partial charge in [-0.15, -0.1) is 0 Å². The summed E-state index contributed by atoms with van der Waals surface area (Å²) in [7, 11) is 0. The summed E-state index contributed by atoms with van der Waals surface area (Å²) in [5.74, 6) is 0.215. The smallest absolute Gasteiger partial charge is 0.152 e. The minimum Gasteiger partial charge on any atom is -0.282 e.